The van der Waals surface area contributed by atoms with Crippen molar-refractivity contribution in [2.24, 2.45) is 0 Å². The average Bonchev–Trinajstić information content (AvgIpc) is 2.25. The van der Waals surface area contributed by atoms with Crippen molar-refractivity contribution in [3.63, 3.8) is 0 Å². The summed E-state index contributed by atoms with van der Waals surface area (Å²) >= 11 is 5.71. The number of rotatable bonds is 2. The fraction of sp³-hybridized carbons (Fsp3) is 0.500. The monoisotopic (exact) mass is 300 g/mol. The Morgan fingerprint density at radius 1 is 1.45 bits per heavy atom. The molecule has 0 bridgehead atoms. The zero-order valence-corrected chi connectivity index (χ0v) is 12.5. The summed E-state index contributed by atoms with van der Waals surface area (Å²) in [5.74, 6) is -0.443. The Kier molecular flexibility index (Phi) is 4.09. The second kappa shape index (κ2) is 5.48. The molecule has 1 amide bonds. The van der Waals surface area contributed by atoms with E-state index in [-0.39, 0.29) is 17.2 Å². The van der Waals surface area contributed by atoms with Crippen molar-refractivity contribution in [2.75, 3.05) is 18.4 Å². The van der Waals surface area contributed by atoms with Crippen LogP contribution in [0, 0.1) is 5.82 Å². The van der Waals surface area contributed by atoms with E-state index in [0.29, 0.717) is 13.1 Å². The first kappa shape index (κ1) is 14.9. The summed E-state index contributed by atoms with van der Waals surface area (Å²) < 4.78 is 18.3. The molecule has 0 unspecified atom stereocenters. The van der Waals surface area contributed by atoms with Crippen molar-refractivity contribution >= 4 is 23.4 Å². The third kappa shape index (κ3) is 3.76. The van der Waals surface area contributed by atoms with Crippen molar-refractivity contribution in [2.45, 2.75) is 32.4 Å². The summed E-state index contributed by atoms with van der Waals surface area (Å²) in [6.07, 6.45) is -0.312. The molecule has 110 valence electrons. The topological polar surface area (TPSA) is 41.6 Å². The maximum absolute atomic E-state index is 13.0. The Morgan fingerprint density at radius 3 is 2.65 bits per heavy atom. The molecule has 0 spiro atoms. The van der Waals surface area contributed by atoms with Crippen LogP contribution in [0.15, 0.2) is 18.2 Å². The third-order valence-electron chi connectivity index (χ3n) is 2.82. The SMILES string of the molecule is CC(C)(C)OC(=O)N1CC(Nc2ccc(F)c(Cl)c2)C1. The molecule has 1 N–H and O–H groups in total. The molecule has 1 aliphatic heterocycles. The predicted octanol–water partition coefficient (Wildman–Crippen LogP) is 3.51. The van der Waals surface area contributed by atoms with Gasteiger partial charge in [-0.15, -0.1) is 0 Å². The number of ether oxygens (including phenoxy) is 1. The van der Waals surface area contributed by atoms with Crippen LogP contribution in [-0.2, 0) is 4.74 Å². The van der Waals surface area contributed by atoms with Crippen LogP contribution in [0.3, 0.4) is 0 Å². The Hall–Kier alpha value is -1.49. The fourth-order valence-electron chi connectivity index (χ4n) is 1.87. The lowest BCUT2D eigenvalue weighted by Gasteiger charge is -2.40. The second-order valence-electron chi connectivity index (χ2n) is 5.86. The molecule has 1 aromatic carbocycles. The normalized spacial score (nSPS) is 15.8. The standard InChI is InChI=1S/C14H18ClFN2O2/c1-14(2,3)20-13(19)18-7-10(8-18)17-9-4-5-12(16)11(15)6-9/h4-6,10,17H,7-8H2,1-3H3. The molecule has 1 fully saturated rings. The predicted molar refractivity (Wildman–Crippen MR) is 76.6 cm³/mol. The van der Waals surface area contributed by atoms with Gasteiger partial charge in [0.1, 0.15) is 11.4 Å². The molecule has 0 saturated carbocycles. The lowest BCUT2D eigenvalue weighted by atomic mass is 10.1. The zero-order chi connectivity index (χ0) is 14.9. The minimum absolute atomic E-state index is 0.0818. The van der Waals surface area contributed by atoms with Gasteiger partial charge in [-0.05, 0) is 39.0 Å². The second-order valence-corrected chi connectivity index (χ2v) is 6.26. The number of carbonyl (C=O) groups excluding carboxylic acids is 1. The van der Waals surface area contributed by atoms with E-state index >= 15 is 0 Å². The summed E-state index contributed by atoms with van der Waals surface area (Å²) in [5.41, 5.74) is 0.255. The molecular formula is C14H18ClFN2O2. The molecule has 6 heteroatoms. The van der Waals surface area contributed by atoms with Crippen LogP contribution in [0.4, 0.5) is 14.9 Å². The first-order valence-corrected chi connectivity index (χ1v) is 6.82. The van der Waals surface area contributed by atoms with Gasteiger partial charge in [-0.25, -0.2) is 9.18 Å². The number of carbonyl (C=O) groups is 1. The first-order valence-electron chi connectivity index (χ1n) is 6.44. The van der Waals surface area contributed by atoms with E-state index in [9.17, 15) is 9.18 Å². The maximum atomic E-state index is 13.0. The van der Waals surface area contributed by atoms with Crippen molar-refractivity contribution in [3.05, 3.63) is 29.0 Å². The lowest BCUT2D eigenvalue weighted by molar-refractivity contribution is 0.0105. The summed E-state index contributed by atoms with van der Waals surface area (Å²) in [6, 6.07) is 4.60. The van der Waals surface area contributed by atoms with Gasteiger partial charge in [0.15, 0.2) is 0 Å². The highest BCUT2D eigenvalue weighted by Crippen LogP contribution is 2.22. The molecular weight excluding hydrogens is 283 g/mol. The van der Waals surface area contributed by atoms with Crippen molar-refractivity contribution < 1.29 is 13.9 Å². The number of hydrogen-bond donors (Lipinski definition) is 1. The average molecular weight is 301 g/mol. The molecule has 1 aliphatic rings. The largest absolute Gasteiger partial charge is 0.444 e. The van der Waals surface area contributed by atoms with Crippen molar-refractivity contribution in [1.82, 2.24) is 4.90 Å². The van der Waals surface area contributed by atoms with Gasteiger partial charge in [0.05, 0.1) is 11.1 Å². The summed E-state index contributed by atoms with van der Waals surface area (Å²) in [7, 11) is 0. The molecule has 2 rings (SSSR count). The van der Waals surface area contributed by atoms with Crippen LogP contribution >= 0.6 is 11.6 Å². The summed E-state index contributed by atoms with van der Waals surface area (Å²) in [6.45, 7) is 6.62. The fourth-order valence-corrected chi connectivity index (χ4v) is 2.05. The van der Waals surface area contributed by atoms with Crippen LogP contribution < -0.4 is 5.32 Å². The Bertz CT molecular complexity index is 510. The summed E-state index contributed by atoms with van der Waals surface area (Å²) in [5, 5.41) is 3.28. The minimum Gasteiger partial charge on any atom is -0.444 e. The van der Waals surface area contributed by atoms with E-state index in [2.05, 4.69) is 5.32 Å². The molecule has 0 atom stereocenters. The van der Waals surface area contributed by atoms with Gasteiger partial charge in [-0.3, -0.25) is 0 Å². The lowest BCUT2D eigenvalue weighted by Crippen LogP contribution is -2.57. The molecule has 4 nitrogen and oxygen atoms in total. The van der Waals surface area contributed by atoms with Gasteiger partial charge in [0.25, 0.3) is 0 Å². The molecule has 1 aromatic rings. The molecule has 20 heavy (non-hydrogen) atoms. The number of likely N-dealkylation sites (tertiary alicyclic amines) is 1. The molecule has 0 aliphatic carbocycles. The number of nitrogens with zero attached hydrogens (tertiary/aromatic N) is 1. The van der Waals surface area contributed by atoms with E-state index in [4.69, 9.17) is 16.3 Å². The van der Waals surface area contributed by atoms with Crippen LogP contribution in [0.1, 0.15) is 20.8 Å². The van der Waals surface area contributed by atoms with E-state index in [0.717, 1.165) is 5.69 Å². The molecule has 0 aromatic heterocycles. The molecule has 0 radical (unpaired) electrons. The van der Waals surface area contributed by atoms with Crippen molar-refractivity contribution in [3.8, 4) is 0 Å². The number of anilines is 1. The van der Waals surface area contributed by atoms with E-state index in [1.807, 2.05) is 20.8 Å². The molecule has 1 saturated heterocycles. The highest BCUT2D eigenvalue weighted by Gasteiger charge is 2.33. The third-order valence-corrected chi connectivity index (χ3v) is 3.11. The number of amides is 1. The van der Waals surface area contributed by atoms with Gasteiger partial charge in [-0.1, -0.05) is 11.6 Å². The van der Waals surface area contributed by atoms with Crippen LogP contribution in [0.2, 0.25) is 5.02 Å². The highest BCUT2D eigenvalue weighted by atomic mass is 35.5. The van der Waals surface area contributed by atoms with E-state index < -0.39 is 11.4 Å². The van der Waals surface area contributed by atoms with Gasteiger partial charge >= 0.3 is 6.09 Å². The van der Waals surface area contributed by atoms with E-state index in [1.54, 1.807) is 11.0 Å². The first-order chi connectivity index (χ1) is 9.24. The van der Waals surface area contributed by atoms with Gasteiger partial charge in [0, 0.05) is 18.8 Å². The Labute approximate surface area is 122 Å². The van der Waals surface area contributed by atoms with Crippen LogP contribution in [-0.4, -0.2) is 35.7 Å². The smallest absolute Gasteiger partial charge is 0.410 e. The van der Waals surface area contributed by atoms with Crippen molar-refractivity contribution in [1.29, 1.82) is 0 Å². The number of nitrogens with one attached hydrogen (secondary N) is 1. The minimum atomic E-state index is -0.486. The molecule has 1 heterocycles. The van der Waals surface area contributed by atoms with Crippen LogP contribution in [0.25, 0.3) is 0 Å². The highest BCUT2D eigenvalue weighted by molar-refractivity contribution is 6.31. The maximum Gasteiger partial charge on any atom is 0.410 e. The van der Waals surface area contributed by atoms with Gasteiger partial charge in [0.2, 0.25) is 0 Å². The number of halogens is 2. The Morgan fingerprint density at radius 2 is 2.10 bits per heavy atom. The van der Waals surface area contributed by atoms with Gasteiger partial charge in [-0.2, -0.15) is 0 Å². The van der Waals surface area contributed by atoms with E-state index in [1.165, 1.54) is 12.1 Å². The van der Waals surface area contributed by atoms with Gasteiger partial charge < -0.3 is 15.0 Å². The van der Waals surface area contributed by atoms with Crippen LogP contribution in [0.5, 0.6) is 0 Å². The number of hydrogen-bond acceptors (Lipinski definition) is 3. The zero-order valence-electron chi connectivity index (χ0n) is 11.7. The summed E-state index contributed by atoms with van der Waals surface area (Å²) in [4.78, 5) is 13.4. The number of benzene rings is 1. The Balaban J connectivity index is 1.82. The quantitative estimate of drug-likeness (QED) is 0.909.